The first-order chi connectivity index (χ1) is 10.2. The maximum atomic E-state index is 11.8. The minimum absolute atomic E-state index is 0.340. The average Bonchev–Trinajstić information content (AvgIpc) is 2.44. The number of carbonyl (C=O) groups is 2. The maximum absolute atomic E-state index is 11.8. The summed E-state index contributed by atoms with van der Waals surface area (Å²) in [6.45, 7) is 7.35. The van der Waals surface area contributed by atoms with Gasteiger partial charge < -0.3 is 10.1 Å². The van der Waals surface area contributed by atoms with Gasteiger partial charge in [0.15, 0.2) is 0 Å². The third kappa shape index (κ3) is 6.13. The molecule has 0 aliphatic carbocycles. The largest absolute Gasteiger partial charge is 0.444 e. The van der Waals surface area contributed by atoms with Crippen LogP contribution in [0.5, 0.6) is 0 Å². The van der Waals surface area contributed by atoms with Crippen LogP contribution in [-0.4, -0.2) is 23.6 Å². The Balaban J connectivity index is 2.75. The highest BCUT2D eigenvalue weighted by Crippen LogP contribution is 2.10. The minimum atomic E-state index is -0.785. The third-order valence-electron chi connectivity index (χ3n) is 3.02. The molecule has 0 aliphatic heterocycles. The molecule has 0 aromatic heterocycles. The van der Waals surface area contributed by atoms with Crippen molar-refractivity contribution in [3.63, 3.8) is 0 Å². The predicted octanol–water partition coefficient (Wildman–Crippen LogP) is 1.67. The Labute approximate surface area is 131 Å². The first kappa shape index (κ1) is 18.0. The van der Waals surface area contributed by atoms with E-state index in [-0.39, 0.29) is 0 Å². The first-order valence-electron chi connectivity index (χ1n) is 7.33. The van der Waals surface area contributed by atoms with Gasteiger partial charge in [0, 0.05) is 6.42 Å². The molecule has 6 heteroatoms. The molecule has 2 amide bonds. The van der Waals surface area contributed by atoms with Crippen LogP contribution in [0.1, 0.15) is 38.8 Å². The lowest BCUT2D eigenvalue weighted by atomic mass is 10.0. The monoisotopic (exact) mass is 307 g/mol. The minimum Gasteiger partial charge on any atom is -0.444 e. The van der Waals surface area contributed by atoms with Crippen molar-refractivity contribution >= 4 is 12.0 Å². The van der Waals surface area contributed by atoms with Crippen molar-refractivity contribution in [2.75, 3.05) is 0 Å². The Kier molecular flexibility index (Phi) is 6.37. The Hall–Kier alpha value is -2.08. The fraction of sp³-hybridized carbons (Fsp3) is 0.500. The summed E-state index contributed by atoms with van der Waals surface area (Å²) in [4.78, 5) is 23.7. The second kappa shape index (κ2) is 7.79. The molecule has 22 heavy (non-hydrogen) atoms. The summed E-state index contributed by atoms with van der Waals surface area (Å²) < 4.78 is 5.17. The molecule has 6 nitrogen and oxygen atoms in total. The summed E-state index contributed by atoms with van der Waals surface area (Å²) >= 11 is 0. The van der Waals surface area contributed by atoms with Gasteiger partial charge in [-0.2, -0.15) is 0 Å². The molecule has 0 saturated heterocycles. The van der Waals surface area contributed by atoms with Crippen LogP contribution in [-0.2, 0) is 22.4 Å². The van der Waals surface area contributed by atoms with Crippen LogP contribution in [0.4, 0.5) is 4.79 Å². The van der Waals surface area contributed by atoms with E-state index in [1.54, 1.807) is 20.8 Å². The molecule has 0 unspecified atom stereocenters. The number of hydrogen-bond acceptors (Lipinski definition) is 4. The lowest BCUT2D eigenvalue weighted by Crippen LogP contribution is -2.51. The Morgan fingerprint density at radius 3 is 2.18 bits per heavy atom. The number of hydrogen-bond donors (Lipinski definition) is 3. The zero-order chi connectivity index (χ0) is 16.8. The van der Waals surface area contributed by atoms with E-state index in [0.717, 1.165) is 12.0 Å². The van der Waals surface area contributed by atoms with E-state index < -0.39 is 23.6 Å². The van der Waals surface area contributed by atoms with Crippen molar-refractivity contribution in [3.05, 3.63) is 35.4 Å². The summed E-state index contributed by atoms with van der Waals surface area (Å²) in [5.74, 6) is 4.72. The Morgan fingerprint density at radius 1 is 1.18 bits per heavy atom. The fourth-order valence-electron chi connectivity index (χ4n) is 1.91. The van der Waals surface area contributed by atoms with Crippen molar-refractivity contribution in [3.8, 4) is 0 Å². The van der Waals surface area contributed by atoms with Gasteiger partial charge in [-0.05, 0) is 38.3 Å². The number of carbonyl (C=O) groups excluding carboxylic acids is 2. The molecule has 1 aromatic carbocycles. The first-order valence-corrected chi connectivity index (χ1v) is 7.33. The zero-order valence-corrected chi connectivity index (χ0v) is 13.6. The number of nitrogens with one attached hydrogen (secondary N) is 2. The second-order valence-electron chi connectivity index (χ2n) is 6.08. The molecule has 0 aliphatic rings. The summed E-state index contributed by atoms with van der Waals surface area (Å²) in [6, 6.07) is 7.09. The molecule has 4 N–H and O–H groups in total. The topological polar surface area (TPSA) is 93.4 Å². The standard InChI is InChI=1S/C16H25N3O3/c1-5-11-6-8-12(9-7-11)10-13(14(20)19-17)18-15(21)22-16(2,3)4/h6-9,13H,5,10,17H2,1-4H3,(H,18,21)(H,19,20)/t13-/m0/s1. The van der Waals surface area contributed by atoms with Crippen molar-refractivity contribution in [1.29, 1.82) is 0 Å². The maximum Gasteiger partial charge on any atom is 0.408 e. The number of aryl methyl sites for hydroxylation is 1. The quantitative estimate of drug-likeness (QED) is 0.438. The van der Waals surface area contributed by atoms with Gasteiger partial charge in [-0.15, -0.1) is 0 Å². The highest BCUT2D eigenvalue weighted by molar-refractivity contribution is 5.85. The molecule has 0 heterocycles. The van der Waals surface area contributed by atoms with Gasteiger partial charge in [0.25, 0.3) is 5.91 Å². The van der Waals surface area contributed by atoms with Crippen molar-refractivity contribution in [1.82, 2.24) is 10.7 Å². The lowest BCUT2D eigenvalue weighted by molar-refractivity contribution is -0.123. The highest BCUT2D eigenvalue weighted by atomic mass is 16.6. The van der Waals surface area contributed by atoms with Gasteiger partial charge in [-0.25, -0.2) is 10.6 Å². The van der Waals surface area contributed by atoms with Crippen LogP contribution in [0.2, 0.25) is 0 Å². The summed E-state index contributed by atoms with van der Waals surface area (Å²) in [5, 5.41) is 2.55. The van der Waals surface area contributed by atoms with E-state index in [4.69, 9.17) is 10.6 Å². The normalized spacial score (nSPS) is 12.4. The molecular formula is C16H25N3O3. The average molecular weight is 307 g/mol. The molecule has 1 rings (SSSR count). The molecule has 1 atom stereocenters. The smallest absolute Gasteiger partial charge is 0.408 e. The van der Waals surface area contributed by atoms with Gasteiger partial charge >= 0.3 is 6.09 Å². The van der Waals surface area contributed by atoms with Gasteiger partial charge in [0.1, 0.15) is 11.6 Å². The van der Waals surface area contributed by atoms with Crippen LogP contribution in [0.3, 0.4) is 0 Å². The molecule has 0 bridgehead atoms. The van der Waals surface area contributed by atoms with Crippen LogP contribution in [0, 0.1) is 0 Å². The molecule has 0 saturated carbocycles. The van der Waals surface area contributed by atoms with E-state index in [0.29, 0.717) is 6.42 Å². The van der Waals surface area contributed by atoms with Crippen LogP contribution in [0.15, 0.2) is 24.3 Å². The van der Waals surface area contributed by atoms with E-state index in [9.17, 15) is 9.59 Å². The van der Waals surface area contributed by atoms with E-state index in [1.807, 2.05) is 24.3 Å². The van der Waals surface area contributed by atoms with Crippen LogP contribution in [0.25, 0.3) is 0 Å². The van der Waals surface area contributed by atoms with Gasteiger partial charge in [0.2, 0.25) is 0 Å². The van der Waals surface area contributed by atoms with E-state index >= 15 is 0 Å². The van der Waals surface area contributed by atoms with Crippen LogP contribution < -0.4 is 16.6 Å². The molecule has 0 spiro atoms. The number of hydrazine groups is 1. The molecule has 0 radical (unpaired) electrons. The summed E-state index contributed by atoms with van der Waals surface area (Å²) in [6.07, 6.45) is 0.640. The van der Waals surface area contributed by atoms with Gasteiger partial charge in [-0.3, -0.25) is 10.2 Å². The highest BCUT2D eigenvalue weighted by Gasteiger charge is 2.24. The SMILES string of the molecule is CCc1ccc(C[C@H](NC(=O)OC(C)(C)C)C(=O)NN)cc1. The number of ether oxygens (including phenoxy) is 1. The van der Waals surface area contributed by atoms with Crippen LogP contribution >= 0.6 is 0 Å². The van der Waals surface area contributed by atoms with Crippen molar-refractivity contribution < 1.29 is 14.3 Å². The molecular weight excluding hydrogens is 282 g/mol. The summed E-state index contributed by atoms with van der Waals surface area (Å²) in [5.41, 5.74) is 3.58. The molecule has 0 fully saturated rings. The number of rotatable bonds is 5. The Bertz CT molecular complexity index is 506. The predicted molar refractivity (Wildman–Crippen MR) is 85.0 cm³/mol. The Morgan fingerprint density at radius 2 is 1.73 bits per heavy atom. The molecule has 122 valence electrons. The zero-order valence-electron chi connectivity index (χ0n) is 13.6. The summed E-state index contributed by atoms with van der Waals surface area (Å²) in [7, 11) is 0. The van der Waals surface area contributed by atoms with Gasteiger partial charge in [-0.1, -0.05) is 31.2 Å². The number of benzene rings is 1. The number of amides is 2. The number of alkyl carbamates (subject to hydrolysis) is 1. The third-order valence-corrected chi connectivity index (χ3v) is 3.02. The van der Waals surface area contributed by atoms with Gasteiger partial charge in [0.05, 0.1) is 0 Å². The molecule has 1 aromatic rings. The van der Waals surface area contributed by atoms with E-state index in [2.05, 4.69) is 17.7 Å². The van der Waals surface area contributed by atoms with Crippen molar-refractivity contribution in [2.45, 2.75) is 52.2 Å². The second-order valence-corrected chi connectivity index (χ2v) is 6.08. The number of nitrogens with two attached hydrogens (primary N) is 1. The van der Waals surface area contributed by atoms with E-state index in [1.165, 1.54) is 5.56 Å². The fourth-order valence-corrected chi connectivity index (χ4v) is 1.91. The lowest BCUT2D eigenvalue weighted by Gasteiger charge is -2.23. The van der Waals surface area contributed by atoms with Crippen molar-refractivity contribution in [2.24, 2.45) is 5.84 Å².